The van der Waals surface area contributed by atoms with E-state index in [2.05, 4.69) is 27.7 Å². The molecule has 1 atom stereocenters. The first-order valence-corrected chi connectivity index (χ1v) is 16.1. The Labute approximate surface area is 244 Å². The highest BCUT2D eigenvalue weighted by atomic mass is 16.5. The molecule has 2 aromatic carbocycles. The Bertz CT molecular complexity index is 1070. The van der Waals surface area contributed by atoms with Gasteiger partial charge in [-0.1, -0.05) is 104 Å². The van der Waals surface area contributed by atoms with E-state index in [9.17, 15) is 10.2 Å². The van der Waals surface area contributed by atoms with Crippen LogP contribution in [0.15, 0.2) is 24.3 Å². The van der Waals surface area contributed by atoms with Crippen molar-refractivity contribution < 1.29 is 19.7 Å². The van der Waals surface area contributed by atoms with E-state index in [1.54, 1.807) is 0 Å². The molecule has 0 saturated heterocycles. The molecular formula is C36H56O4. The van der Waals surface area contributed by atoms with Gasteiger partial charge in [-0.05, 0) is 68.0 Å². The zero-order valence-electron chi connectivity index (χ0n) is 26.3. The smallest absolute Gasteiger partial charge is 0.136 e. The van der Waals surface area contributed by atoms with E-state index in [4.69, 9.17) is 9.47 Å². The van der Waals surface area contributed by atoms with Gasteiger partial charge >= 0.3 is 0 Å². The van der Waals surface area contributed by atoms with E-state index in [0.29, 0.717) is 18.8 Å². The Morgan fingerprint density at radius 2 is 1.15 bits per heavy atom. The third-order valence-corrected chi connectivity index (χ3v) is 8.77. The van der Waals surface area contributed by atoms with Crippen molar-refractivity contribution in [1.82, 2.24) is 0 Å². The van der Waals surface area contributed by atoms with Gasteiger partial charge in [-0.3, -0.25) is 0 Å². The van der Waals surface area contributed by atoms with Crippen molar-refractivity contribution in [1.29, 1.82) is 0 Å². The predicted molar refractivity (Wildman–Crippen MR) is 167 cm³/mol. The van der Waals surface area contributed by atoms with Gasteiger partial charge in [-0.15, -0.1) is 0 Å². The first-order chi connectivity index (χ1) is 19.1. The maximum absolute atomic E-state index is 10.6. The van der Waals surface area contributed by atoms with Crippen LogP contribution in [0.3, 0.4) is 0 Å². The summed E-state index contributed by atoms with van der Waals surface area (Å²) < 4.78 is 13.0. The molecule has 2 N–H and O–H groups in total. The Morgan fingerprint density at radius 3 is 1.70 bits per heavy atom. The van der Waals surface area contributed by atoms with Crippen LogP contribution < -0.4 is 9.47 Å². The van der Waals surface area contributed by atoms with E-state index < -0.39 is 5.60 Å². The lowest BCUT2D eigenvalue weighted by Crippen LogP contribution is -2.42. The van der Waals surface area contributed by atoms with Crippen LogP contribution in [0, 0.1) is 13.8 Å². The fourth-order valence-corrected chi connectivity index (χ4v) is 6.33. The van der Waals surface area contributed by atoms with Crippen molar-refractivity contribution in [2.75, 3.05) is 6.61 Å². The fraction of sp³-hybridized carbons (Fsp3) is 0.667. The molecule has 0 amide bonds. The van der Waals surface area contributed by atoms with Crippen molar-refractivity contribution in [2.45, 2.75) is 149 Å². The molecule has 0 aliphatic carbocycles. The summed E-state index contributed by atoms with van der Waals surface area (Å²) in [6.45, 7) is 13.2. The molecule has 0 aromatic heterocycles. The number of ether oxygens (including phenoxy) is 2. The number of aryl methyl sites for hydroxylation is 2. The molecule has 1 unspecified atom stereocenters. The summed E-state index contributed by atoms with van der Waals surface area (Å²) in [4.78, 5) is 0. The topological polar surface area (TPSA) is 58.9 Å². The van der Waals surface area contributed by atoms with Gasteiger partial charge in [-0.2, -0.15) is 0 Å². The third-order valence-electron chi connectivity index (χ3n) is 8.77. The van der Waals surface area contributed by atoms with Crippen LogP contribution in [0.25, 0.3) is 0 Å². The van der Waals surface area contributed by atoms with E-state index in [1.165, 1.54) is 83.5 Å². The zero-order chi connectivity index (χ0) is 29.2. The Morgan fingerprint density at radius 1 is 0.675 bits per heavy atom. The molecule has 4 nitrogen and oxygen atoms in total. The number of fused-ring (bicyclic) bond motifs is 1. The summed E-state index contributed by atoms with van der Waals surface area (Å²) in [7, 11) is 0. The van der Waals surface area contributed by atoms with Gasteiger partial charge in [-0.25, -0.2) is 0 Å². The first-order valence-electron chi connectivity index (χ1n) is 16.1. The molecule has 0 saturated carbocycles. The lowest BCUT2D eigenvalue weighted by atomic mass is 9.70. The van der Waals surface area contributed by atoms with Gasteiger partial charge in [0, 0.05) is 17.5 Å². The summed E-state index contributed by atoms with van der Waals surface area (Å²) in [5.41, 5.74) is 2.59. The van der Waals surface area contributed by atoms with E-state index in [1.807, 2.05) is 38.1 Å². The van der Waals surface area contributed by atoms with Gasteiger partial charge in [0.05, 0.1) is 6.61 Å². The average molecular weight is 553 g/mol. The minimum Gasteiger partial charge on any atom is -0.508 e. The monoisotopic (exact) mass is 552 g/mol. The first kappa shape index (κ1) is 32.2. The normalized spacial score (nSPS) is 17.9. The number of unbranched alkanes of at least 4 members (excludes halogenated alkanes) is 13. The van der Waals surface area contributed by atoms with Crippen LogP contribution in [0.4, 0.5) is 0 Å². The van der Waals surface area contributed by atoms with Crippen LogP contribution in [0.2, 0.25) is 0 Å². The van der Waals surface area contributed by atoms with Crippen LogP contribution in [0.1, 0.15) is 146 Å². The number of hydrogen-bond acceptors (Lipinski definition) is 4. The molecule has 2 aromatic rings. The number of hydrogen-bond donors (Lipinski definition) is 2. The van der Waals surface area contributed by atoms with Gasteiger partial charge in [0.15, 0.2) is 0 Å². The second-order valence-corrected chi connectivity index (χ2v) is 13.1. The highest BCUT2D eigenvalue weighted by Crippen LogP contribution is 2.52. The molecule has 0 spiro atoms. The van der Waals surface area contributed by atoms with Gasteiger partial charge in [0.1, 0.15) is 28.6 Å². The van der Waals surface area contributed by atoms with Crippen molar-refractivity contribution in [3.63, 3.8) is 0 Å². The van der Waals surface area contributed by atoms with Crippen LogP contribution in [0.5, 0.6) is 23.0 Å². The summed E-state index contributed by atoms with van der Waals surface area (Å²) in [6.07, 6.45) is 19.4. The van der Waals surface area contributed by atoms with Crippen LogP contribution in [-0.2, 0) is 11.0 Å². The van der Waals surface area contributed by atoms with Crippen molar-refractivity contribution in [3.05, 3.63) is 46.5 Å². The Hall–Kier alpha value is -2.36. The second-order valence-electron chi connectivity index (χ2n) is 13.1. The van der Waals surface area contributed by atoms with E-state index in [0.717, 1.165) is 40.2 Å². The molecule has 224 valence electrons. The number of phenols is 2. The maximum Gasteiger partial charge on any atom is 0.136 e. The Kier molecular flexibility index (Phi) is 12.1. The number of benzene rings is 2. The van der Waals surface area contributed by atoms with E-state index in [-0.39, 0.29) is 11.2 Å². The quantitative estimate of drug-likeness (QED) is 0.192. The number of rotatable bonds is 17. The number of phenolic OH excluding ortho intramolecular Hbond substituents is 2. The van der Waals surface area contributed by atoms with Gasteiger partial charge in [0.25, 0.3) is 0 Å². The largest absolute Gasteiger partial charge is 0.508 e. The second kappa shape index (κ2) is 15.0. The van der Waals surface area contributed by atoms with Crippen LogP contribution >= 0.6 is 0 Å². The van der Waals surface area contributed by atoms with Crippen LogP contribution in [-0.4, -0.2) is 16.8 Å². The number of aromatic hydroxyl groups is 2. The van der Waals surface area contributed by atoms with E-state index >= 15 is 0 Å². The molecule has 1 heterocycles. The van der Waals surface area contributed by atoms with Crippen molar-refractivity contribution >= 4 is 0 Å². The van der Waals surface area contributed by atoms with Crippen molar-refractivity contribution in [2.24, 2.45) is 0 Å². The Balaban J connectivity index is 1.48. The summed E-state index contributed by atoms with van der Waals surface area (Å²) in [6, 6.07) is 7.54. The molecule has 0 bridgehead atoms. The molecule has 1 aliphatic heterocycles. The third kappa shape index (κ3) is 8.82. The average Bonchev–Trinajstić information content (AvgIpc) is 2.89. The molecule has 0 fully saturated rings. The molecule has 3 rings (SSSR count). The molecule has 4 heteroatoms. The van der Waals surface area contributed by atoms with Gasteiger partial charge < -0.3 is 19.7 Å². The predicted octanol–water partition coefficient (Wildman–Crippen LogP) is 10.6. The molecule has 1 aliphatic rings. The molecule has 0 radical (unpaired) electrons. The fourth-order valence-electron chi connectivity index (χ4n) is 6.33. The summed E-state index contributed by atoms with van der Waals surface area (Å²) in [5, 5.41) is 21.0. The lowest BCUT2D eigenvalue weighted by molar-refractivity contribution is 0.0293. The maximum atomic E-state index is 10.6. The standard InChI is InChI=1S/C36H56O4/c1-7-8-9-10-11-12-13-14-15-16-17-18-19-20-21-39-33-22-27(2)32(38)25-30(33)36(6)26-35(4,5)29-24-31(37)28(3)23-34(29)40-36/h22-25,37-38H,7-21,26H2,1-6H3. The van der Waals surface area contributed by atoms with Gasteiger partial charge in [0.2, 0.25) is 0 Å². The minimum atomic E-state index is -0.671. The minimum absolute atomic E-state index is 0.222. The summed E-state index contributed by atoms with van der Waals surface area (Å²) >= 11 is 0. The molecule has 40 heavy (non-hydrogen) atoms. The highest BCUT2D eigenvalue weighted by molar-refractivity contribution is 5.54. The zero-order valence-corrected chi connectivity index (χ0v) is 26.3. The SMILES string of the molecule is CCCCCCCCCCCCCCCCOc1cc(C)c(O)cc1C1(C)CC(C)(C)c2cc(O)c(C)cc2O1. The molecular weight excluding hydrogens is 496 g/mol. The highest BCUT2D eigenvalue weighted by Gasteiger charge is 2.45. The summed E-state index contributed by atoms with van der Waals surface area (Å²) in [5.74, 6) is 2.13. The van der Waals surface area contributed by atoms with Crippen molar-refractivity contribution in [3.8, 4) is 23.0 Å². The lowest BCUT2D eigenvalue weighted by Gasteiger charge is -2.45.